The smallest absolute Gasteiger partial charge is 0.204 e. The Morgan fingerprint density at radius 3 is 2.67 bits per heavy atom. The number of aromatic nitrogens is 2. The summed E-state index contributed by atoms with van der Waals surface area (Å²) < 4.78 is 7.23. The van der Waals surface area contributed by atoms with Crippen molar-refractivity contribution in [1.82, 2.24) is 9.55 Å². The van der Waals surface area contributed by atoms with Crippen LogP contribution in [0, 0.1) is 6.57 Å². The highest BCUT2D eigenvalue weighted by Gasteiger charge is 2.12. The van der Waals surface area contributed by atoms with Crippen LogP contribution in [0.25, 0.3) is 15.9 Å². The van der Waals surface area contributed by atoms with Gasteiger partial charge in [-0.2, -0.15) is 0 Å². The molecule has 1 aromatic heterocycles. The van der Waals surface area contributed by atoms with Gasteiger partial charge in [0, 0.05) is 0 Å². The van der Waals surface area contributed by atoms with Gasteiger partial charge in [0.15, 0.2) is 5.69 Å². The first-order valence-electron chi connectivity index (χ1n) is 6.38. The second-order valence-electron chi connectivity index (χ2n) is 4.57. The Labute approximate surface area is 127 Å². The number of hydrogen-bond acceptors (Lipinski definition) is 2. The van der Waals surface area contributed by atoms with Crippen molar-refractivity contribution < 1.29 is 4.74 Å². The second kappa shape index (κ2) is 5.47. The van der Waals surface area contributed by atoms with Crippen LogP contribution in [0.5, 0.6) is 5.75 Å². The molecule has 0 N–H and O–H groups in total. The van der Waals surface area contributed by atoms with E-state index in [1.54, 1.807) is 19.2 Å². The summed E-state index contributed by atoms with van der Waals surface area (Å²) in [6.07, 6.45) is 0. The molecule has 0 amide bonds. The van der Waals surface area contributed by atoms with E-state index in [2.05, 4.69) is 9.83 Å². The van der Waals surface area contributed by atoms with Gasteiger partial charge in [0.2, 0.25) is 5.28 Å². The van der Waals surface area contributed by atoms with Crippen molar-refractivity contribution in [3.05, 3.63) is 64.7 Å². The highest BCUT2D eigenvalue weighted by atomic mass is 35.5. The van der Waals surface area contributed by atoms with Gasteiger partial charge in [0.25, 0.3) is 0 Å². The van der Waals surface area contributed by atoms with Crippen molar-refractivity contribution in [1.29, 1.82) is 0 Å². The standard InChI is InChI=1S/C16H12ClN3O/c1-18-12-8-6-11(7-9-12)10-20-13-4-3-5-14(21-2)15(13)19-16(20)17/h3-9H,10H2,2H3. The molecular formula is C16H12ClN3O. The maximum Gasteiger partial charge on any atom is 0.204 e. The average Bonchev–Trinajstić information content (AvgIpc) is 2.84. The van der Waals surface area contributed by atoms with Crippen LogP contribution in [-0.2, 0) is 6.54 Å². The molecule has 0 saturated heterocycles. The Balaban J connectivity index is 2.04. The van der Waals surface area contributed by atoms with Gasteiger partial charge < -0.3 is 9.30 Å². The van der Waals surface area contributed by atoms with Crippen molar-refractivity contribution in [2.24, 2.45) is 0 Å². The first-order valence-corrected chi connectivity index (χ1v) is 6.76. The van der Waals surface area contributed by atoms with Gasteiger partial charge in [-0.05, 0) is 29.3 Å². The van der Waals surface area contributed by atoms with Crippen LogP contribution in [0.2, 0.25) is 5.28 Å². The molecular weight excluding hydrogens is 286 g/mol. The molecule has 21 heavy (non-hydrogen) atoms. The normalized spacial score (nSPS) is 10.5. The van der Waals surface area contributed by atoms with E-state index < -0.39 is 0 Å². The maximum absolute atomic E-state index is 6.97. The fourth-order valence-electron chi connectivity index (χ4n) is 2.27. The lowest BCUT2D eigenvalue weighted by atomic mass is 10.2. The molecule has 0 radical (unpaired) electrons. The molecule has 0 spiro atoms. The Kier molecular flexibility index (Phi) is 3.51. The summed E-state index contributed by atoms with van der Waals surface area (Å²) in [7, 11) is 1.62. The Bertz CT molecular complexity index is 831. The van der Waals surface area contributed by atoms with Crippen LogP contribution in [0.3, 0.4) is 0 Å². The summed E-state index contributed by atoms with van der Waals surface area (Å²) in [6, 6.07) is 13.2. The third-order valence-corrected chi connectivity index (χ3v) is 3.61. The molecule has 104 valence electrons. The van der Waals surface area contributed by atoms with Crippen LogP contribution in [0.15, 0.2) is 42.5 Å². The number of hydrogen-bond donors (Lipinski definition) is 0. The zero-order valence-electron chi connectivity index (χ0n) is 11.4. The SMILES string of the molecule is [C-]#[N+]c1ccc(Cn2c(Cl)nc3c(OC)cccc32)cc1. The van der Waals surface area contributed by atoms with E-state index in [0.717, 1.165) is 16.6 Å². The fourth-order valence-corrected chi connectivity index (χ4v) is 2.50. The number of nitrogens with zero attached hydrogens (tertiary/aromatic N) is 3. The highest BCUT2D eigenvalue weighted by molar-refractivity contribution is 6.29. The van der Waals surface area contributed by atoms with Gasteiger partial charge in [0.05, 0.1) is 25.7 Å². The minimum absolute atomic E-state index is 0.420. The van der Waals surface area contributed by atoms with Crippen molar-refractivity contribution in [2.45, 2.75) is 6.54 Å². The summed E-state index contributed by atoms with van der Waals surface area (Å²) in [6.45, 7) is 7.57. The number of benzene rings is 2. The molecule has 0 unspecified atom stereocenters. The lowest BCUT2D eigenvalue weighted by molar-refractivity contribution is 0.419. The lowest BCUT2D eigenvalue weighted by Gasteiger charge is -2.07. The zero-order chi connectivity index (χ0) is 14.8. The summed E-state index contributed by atoms with van der Waals surface area (Å²) >= 11 is 6.25. The zero-order valence-corrected chi connectivity index (χ0v) is 12.1. The van der Waals surface area contributed by atoms with Crippen molar-refractivity contribution in [2.75, 3.05) is 7.11 Å². The van der Waals surface area contributed by atoms with E-state index in [9.17, 15) is 0 Å². The van der Waals surface area contributed by atoms with Gasteiger partial charge in [-0.15, -0.1) is 0 Å². The molecule has 0 aliphatic heterocycles. The first kappa shape index (κ1) is 13.5. The van der Waals surface area contributed by atoms with Gasteiger partial charge >= 0.3 is 0 Å². The average molecular weight is 298 g/mol. The second-order valence-corrected chi connectivity index (χ2v) is 4.91. The first-order chi connectivity index (χ1) is 10.2. The number of fused-ring (bicyclic) bond motifs is 1. The molecule has 0 fully saturated rings. The quantitative estimate of drug-likeness (QED) is 0.675. The minimum atomic E-state index is 0.420. The third-order valence-electron chi connectivity index (χ3n) is 3.32. The van der Waals surface area contributed by atoms with Gasteiger partial charge in [-0.3, -0.25) is 0 Å². The fraction of sp³-hybridized carbons (Fsp3) is 0.125. The van der Waals surface area contributed by atoms with E-state index in [4.69, 9.17) is 22.9 Å². The Morgan fingerprint density at radius 1 is 1.24 bits per heavy atom. The van der Waals surface area contributed by atoms with E-state index >= 15 is 0 Å². The van der Waals surface area contributed by atoms with Crippen molar-refractivity contribution in [3.63, 3.8) is 0 Å². The van der Waals surface area contributed by atoms with Crippen LogP contribution < -0.4 is 4.74 Å². The van der Waals surface area contributed by atoms with E-state index in [0.29, 0.717) is 23.3 Å². The van der Waals surface area contributed by atoms with Crippen molar-refractivity contribution >= 4 is 28.3 Å². The maximum atomic E-state index is 6.97. The topological polar surface area (TPSA) is 31.4 Å². The van der Waals surface area contributed by atoms with Crippen LogP contribution in [-0.4, -0.2) is 16.7 Å². The molecule has 5 heteroatoms. The van der Waals surface area contributed by atoms with E-state index in [1.807, 2.05) is 34.9 Å². The molecule has 0 atom stereocenters. The highest BCUT2D eigenvalue weighted by Crippen LogP contribution is 2.28. The Hall–Kier alpha value is -2.51. The van der Waals surface area contributed by atoms with Gasteiger partial charge in [-0.25, -0.2) is 9.83 Å². The molecule has 2 aromatic carbocycles. The third kappa shape index (κ3) is 2.44. The number of halogens is 1. The van der Waals surface area contributed by atoms with Crippen LogP contribution in [0.1, 0.15) is 5.56 Å². The monoisotopic (exact) mass is 297 g/mol. The van der Waals surface area contributed by atoms with Crippen LogP contribution in [0.4, 0.5) is 5.69 Å². The summed E-state index contributed by atoms with van der Waals surface area (Å²) in [4.78, 5) is 7.76. The molecule has 3 aromatic rings. The Morgan fingerprint density at radius 2 is 2.00 bits per heavy atom. The number of para-hydroxylation sites is 1. The number of rotatable bonds is 3. The largest absolute Gasteiger partial charge is 0.494 e. The number of ether oxygens (including phenoxy) is 1. The lowest BCUT2D eigenvalue weighted by Crippen LogP contribution is -1.99. The molecule has 3 rings (SSSR count). The molecule has 1 heterocycles. The summed E-state index contributed by atoms with van der Waals surface area (Å²) in [5.41, 5.74) is 3.37. The number of imidazole rings is 1. The van der Waals surface area contributed by atoms with Gasteiger partial charge in [-0.1, -0.05) is 30.3 Å². The van der Waals surface area contributed by atoms with E-state index in [-0.39, 0.29) is 0 Å². The summed E-state index contributed by atoms with van der Waals surface area (Å²) in [5, 5.41) is 0.420. The molecule has 0 bridgehead atoms. The van der Waals surface area contributed by atoms with Gasteiger partial charge in [0.1, 0.15) is 11.3 Å². The summed E-state index contributed by atoms with van der Waals surface area (Å²) in [5.74, 6) is 0.705. The number of methoxy groups -OCH3 is 1. The molecule has 0 saturated carbocycles. The van der Waals surface area contributed by atoms with Crippen molar-refractivity contribution in [3.8, 4) is 5.75 Å². The minimum Gasteiger partial charge on any atom is -0.494 e. The molecule has 4 nitrogen and oxygen atoms in total. The predicted octanol–water partition coefficient (Wildman–Crippen LogP) is 4.30. The molecule has 0 aliphatic carbocycles. The molecule has 0 aliphatic rings. The predicted molar refractivity (Wildman–Crippen MR) is 83.1 cm³/mol. The van der Waals surface area contributed by atoms with E-state index in [1.165, 1.54) is 0 Å². The van der Waals surface area contributed by atoms with Crippen LogP contribution >= 0.6 is 11.6 Å².